The molecule has 8 nitrogen and oxygen atoms in total. The zero-order chi connectivity index (χ0) is 11.1. The molecule has 0 saturated carbocycles. The summed E-state index contributed by atoms with van der Waals surface area (Å²) in [6, 6.07) is 0. The molecule has 0 aromatic carbocycles. The predicted molar refractivity (Wildman–Crippen MR) is 28.4 cm³/mol. The highest BCUT2D eigenvalue weighted by Gasteiger charge is 2.22. The largest absolute Gasteiger partial charge is 0.534 e. The molecule has 0 aliphatic heterocycles. The lowest BCUT2D eigenvalue weighted by Crippen LogP contribution is -1.75. The maximum Gasteiger partial charge on any atom is 0.534 e. The number of hydrogen-bond acceptors (Lipinski definition) is 5. The molecular weight excluding hydrogens is 247 g/mol. The molecule has 82 valence electrons. The minimum atomic E-state index is -4.99. The highest BCUT2D eigenvalue weighted by Crippen LogP contribution is 2.43. The maximum absolute atomic E-state index is 10.4. The van der Waals surface area contributed by atoms with Gasteiger partial charge in [0.15, 0.2) is 0 Å². The van der Waals surface area contributed by atoms with E-state index in [-0.39, 0.29) is 0 Å². The van der Waals surface area contributed by atoms with Crippen LogP contribution in [0.3, 0.4) is 0 Å². The quantitative estimate of drug-likeness (QED) is 0.630. The Labute approximate surface area is 68.4 Å². The number of phosphoric acid groups is 2. The van der Waals surface area contributed by atoms with Crippen LogP contribution in [0.1, 0.15) is 0 Å². The van der Waals surface area contributed by atoms with Gasteiger partial charge < -0.3 is 9.79 Å². The molecular formula is H3F3O8P2. The van der Waals surface area contributed by atoms with Crippen molar-refractivity contribution in [2.24, 2.45) is 0 Å². The van der Waals surface area contributed by atoms with E-state index in [4.69, 9.17) is 19.2 Å². The molecule has 0 fully saturated rings. The van der Waals surface area contributed by atoms with Crippen LogP contribution in [0.2, 0.25) is 0 Å². The molecule has 0 amide bonds. The molecule has 0 spiro atoms. The summed E-state index contributed by atoms with van der Waals surface area (Å²) in [7, 11) is -9.80. The summed E-state index contributed by atoms with van der Waals surface area (Å²) in [4.78, 5) is 22.2. The highest BCUT2D eigenvalue weighted by atomic mass is 31.2. The van der Waals surface area contributed by atoms with Crippen LogP contribution in [-0.4, -0.2) is 14.7 Å². The van der Waals surface area contributed by atoms with Gasteiger partial charge in [-0.25, -0.2) is 9.13 Å². The Hall–Kier alpha value is 0.01000. The third-order valence-corrected chi connectivity index (χ3v) is 0.793. The van der Waals surface area contributed by atoms with E-state index in [0.29, 0.717) is 0 Å². The van der Waals surface area contributed by atoms with Crippen molar-refractivity contribution in [3.05, 3.63) is 0 Å². The number of halogens is 3. The maximum atomic E-state index is 10.4. The summed E-state index contributed by atoms with van der Waals surface area (Å²) in [5, 5.41) is 0. The zero-order valence-corrected chi connectivity index (χ0v) is 7.20. The monoisotopic (exact) mass is 250 g/mol. The van der Waals surface area contributed by atoms with E-state index >= 15 is 0 Å². The van der Waals surface area contributed by atoms with E-state index in [1.165, 1.54) is 0 Å². The van der Waals surface area contributed by atoms with Crippen LogP contribution >= 0.6 is 15.6 Å². The molecule has 0 rings (SSSR count). The molecule has 0 atom stereocenters. The Morgan fingerprint density at radius 2 is 1.08 bits per heavy atom. The van der Waals surface area contributed by atoms with E-state index < -0.39 is 15.6 Å². The van der Waals surface area contributed by atoms with Crippen molar-refractivity contribution in [2.45, 2.75) is 0 Å². The fourth-order valence-electron chi connectivity index (χ4n) is 0.0106. The first-order valence-electron chi connectivity index (χ1n) is 1.98. The SMILES string of the molecule is O=P(O)(O)OF.O=P(O)(OF)OF. The van der Waals surface area contributed by atoms with Gasteiger partial charge in [-0.1, -0.05) is 14.2 Å². The molecule has 0 aliphatic carbocycles. The second kappa shape index (κ2) is 6.46. The molecule has 0 aromatic heterocycles. The Kier molecular flexibility index (Phi) is 7.69. The van der Waals surface area contributed by atoms with Crippen molar-refractivity contribution >= 4 is 15.6 Å². The van der Waals surface area contributed by atoms with Crippen molar-refractivity contribution in [2.75, 3.05) is 0 Å². The second-order valence-electron chi connectivity index (χ2n) is 1.17. The van der Waals surface area contributed by atoms with Gasteiger partial charge in [-0.2, -0.15) is 0 Å². The van der Waals surface area contributed by atoms with Gasteiger partial charge >= 0.3 is 15.6 Å². The lowest BCUT2D eigenvalue weighted by atomic mass is 15.5. The van der Waals surface area contributed by atoms with E-state index in [1.54, 1.807) is 0 Å². The van der Waals surface area contributed by atoms with E-state index in [9.17, 15) is 18.1 Å². The molecule has 0 bridgehead atoms. The third-order valence-electron chi connectivity index (χ3n) is 0.264. The van der Waals surface area contributed by atoms with Gasteiger partial charge in [-0.05, 0) is 13.6 Å². The van der Waals surface area contributed by atoms with Crippen LogP contribution in [0.25, 0.3) is 0 Å². The van der Waals surface area contributed by atoms with Crippen LogP contribution in [0, 0.1) is 0 Å². The second-order valence-corrected chi connectivity index (χ2v) is 3.50. The Balaban J connectivity index is 0. The molecule has 0 aliphatic rings. The molecule has 0 heterocycles. The first-order valence-corrected chi connectivity index (χ1v) is 5.00. The van der Waals surface area contributed by atoms with Gasteiger partial charge in [0.2, 0.25) is 0 Å². The average molecular weight is 250 g/mol. The lowest BCUT2D eigenvalue weighted by molar-refractivity contribution is -0.110. The summed E-state index contributed by atoms with van der Waals surface area (Å²) >= 11 is 0. The van der Waals surface area contributed by atoms with Crippen molar-refractivity contribution < 1.29 is 51.6 Å². The standard InChI is InChI=1S/F2HO4P.FH2O4P/c1-5-7(3,4)6-2;1-5-6(2,3)4/h(H,3,4);(H2,2,3,4). The van der Waals surface area contributed by atoms with Crippen molar-refractivity contribution in [1.82, 2.24) is 0 Å². The lowest BCUT2D eigenvalue weighted by Gasteiger charge is -1.91. The van der Waals surface area contributed by atoms with Gasteiger partial charge in [0.25, 0.3) is 0 Å². The van der Waals surface area contributed by atoms with E-state index in [0.717, 1.165) is 0 Å². The predicted octanol–water partition coefficient (Wildman–Crippen LogP) is 0.869. The van der Waals surface area contributed by atoms with Gasteiger partial charge in [0.1, 0.15) is 0 Å². The first-order chi connectivity index (χ1) is 5.68. The van der Waals surface area contributed by atoms with Gasteiger partial charge in [-0.15, -0.1) is 0 Å². The Morgan fingerprint density at radius 1 is 0.846 bits per heavy atom. The Bertz CT molecular complexity index is 199. The topological polar surface area (TPSA) is 123 Å². The van der Waals surface area contributed by atoms with E-state index in [1.807, 2.05) is 0 Å². The van der Waals surface area contributed by atoms with Crippen molar-refractivity contribution in [1.29, 1.82) is 0 Å². The van der Waals surface area contributed by atoms with Crippen LogP contribution in [0.15, 0.2) is 0 Å². The zero-order valence-electron chi connectivity index (χ0n) is 5.41. The molecule has 0 unspecified atom stereocenters. The number of rotatable bonds is 3. The molecule has 13 heavy (non-hydrogen) atoms. The van der Waals surface area contributed by atoms with Crippen molar-refractivity contribution in [3.8, 4) is 0 Å². The third kappa shape index (κ3) is 14.8. The summed E-state index contributed by atoms with van der Waals surface area (Å²) < 4.78 is 55.7. The molecule has 0 aromatic rings. The summed E-state index contributed by atoms with van der Waals surface area (Å²) in [5.41, 5.74) is 0. The summed E-state index contributed by atoms with van der Waals surface area (Å²) in [5.74, 6) is 0. The highest BCUT2D eigenvalue weighted by molar-refractivity contribution is 7.47. The van der Waals surface area contributed by atoms with E-state index in [2.05, 4.69) is 14.2 Å². The van der Waals surface area contributed by atoms with Gasteiger partial charge in [0, 0.05) is 0 Å². The van der Waals surface area contributed by atoms with Crippen LogP contribution in [0.5, 0.6) is 0 Å². The molecule has 3 N–H and O–H groups in total. The van der Waals surface area contributed by atoms with Crippen LogP contribution in [-0.2, 0) is 23.3 Å². The fraction of sp³-hybridized carbons (Fsp3) is 0. The number of hydrogen-bond donors (Lipinski definition) is 3. The summed E-state index contributed by atoms with van der Waals surface area (Å²) in [6.45, 7) is 0. The molecule has 0 saturated heterocycles. The normalized spacial score (nSPS) is 11.8. The Morgan fingerprint density at radius 3 is 1.08 bits per heavy atom. The minimum absolute atomic E-state index is 2.10. The smallest absolute Gasteiger partial charge is 0.301 e. The molecule has 13 heteroatoms. The van der Waals surface area contributed by atoms with Gasteiger partial charge in [-0.3, -0.25) is 4.89 Å². The van der Waals surface area contributed by atoms with Gasteiger partial charge in [0.05, 0.1) is 0 Å². The van der Waals surface area contributed by atoms with Crippen LogP contribution in [0.4, 0.5) is 13.6 Å². The fourth-order valence-corrected chi connectivity index (χ4v) is 0.0319. The first kappa shape index (κ1) is 15.5. The minimum Gasteiger partial charge on any atom is -0.301 e. The van der Waals surface area contributed by atoms with Crippen molar-refractivity contribution in [3.63, 3.8) is 0 Å². The summed E-state index contributed by atoms with van der Waals surface area (Å²) in [6.07, 6.45) is 0. The average Bonchev–Trinajstić information content (AvgIpc) is 2.04. The van der Waals surface area contributed by atoms with Crippen LogP contribution < -0.4 is 0 Å². The molecule has 0 radical (unpaired) electrons.